The van der Waals surface area contributed by atoms with Gasteiger partial charge >= 0.3 is 0 Å². The van der Waals surface area contributed by atoms with Crippen LogP contribution in [0.25, 0.3) is 0 Å². The highest BCUT2D eigenvalue weighted by atomic mass is 127. The van der Waals surface area contributed by atoms with Gasteiger partial charge < -0.3 is 0 Å². The van der Waals surface area contributed by atoms with E-state index in [4.69, 9.17) is 0 Å². The fraction of sp³-hybridized carbons (Fsp3) is 0.143. The number of nitrogens with one attached hydrogen (secondary N) is 1. The number of nitrogens with zero attached hydrogens (tertiary/aromatic N) is 1. The molecule has 0 saturated carbocycles. The van der Waals surface area contributed by atoms with Crippen LogP contribution in [0.5, 0.6) is 0 Å². The Bertz CT molecular complexity index is 773. The first-order chi connectivity index (χ1) is 10.3. The zero-order valence-electron chi connectivity index (χ0n) is 11.6. The van der Waals surface area contributed by atoms with Crippen LogP contribution in [0.15, 0.2) is 53.4 Å². The van der Waals surface area contributed by atoms with Gasteiger partial charge in [0.1, 0.15) is 0 Å². The van der Waals surface area contributed by atoms with Crippen LogP contribution in [0, 0.1) is 13.7 Å². The van der Waals surface area contributed by atoms with Gasteiger partial charge in [0.05, 0.1) is 9.82 Å². The second kappa shape index (κ2) is 6.71. The highest BCUT2D eigenvalue weighted by Gasteiger charge is 2.19. The van der Waals surface area contributed by atoms with Crippen molar-refractivity contribution in [2.45, 2.75) is 17.9 Å². The summed E-state index contributed by atoms with van der Waals surface area (Å²) in [5, 5.41) is 10.6. The van der Waals surface area contributed by atoms with E-state index in [0.717, 1.165) is 9.13 Å². The Morgan fingerprint density at radius 1 is 1.09 bits per heavy atom. The van der Waals surface area contributed by atoms with Gasteiger partial charge in [-0.2, -0.15) is 0 Å². The first kappa shape index (κ1) is 16.8. The van der Waals surface area contributed by atoms with E-state index in [1.165, 1.54) is 24.3 Å². The molecule has 0 bridgehead atoms. The van der Waals surface area contributed by atoms with E-state index in [1.807, 2.05) is 24.3 Å². The number of rotatable bonds is 5. The van der Waals surface area contributed by atoms with Crippen molar-refractivity contribution >= 4 is 38.3 Å². The normalized spacial score (nSPS) is 12.8. The Labute approximate surface area is 141 Å². The standard InChI is InChI=1S/C14H13IN2O4S/c1-10(11-2-4-12(15)5-3-11)16-22(20,21)14-8-6-13(7-9-14)17(18)19/h2-10,16H,1H3. The number of non-ortho nitro benzene ring substituents is 1. The average molecular weight is 432 g/mol. The minimum atomic E-state index is -3.73. The molecule has 1 atom stereocenters. The Balaban J connectivity index is 2.19. The SMILES string of the molecule is CC(NS(=O)(=O)c1ccc([N+](=O)[O-])cc1)c1ccc(I)cc1. The van der Waals surface area contributed by atoms with E-state index in [2.05, 4.69) is 27.3 Å². The molecule has 0 radical (unpaired) electrons. The predicted octanol–water partition coefficient (Wildman–Crippen LogP) is 3.24. The first-order valence-corrected chi connectivity index (χ1v) is 8.88. The van der Waals surface area contributed by atoms with Crippen molar-refractivity contribution in [2.24, 2.45) is 0 Å². The molecule has 0 spiro atoms. The number of halogens is 1. The number of hydrogen-bond donors (Lipinski definition) is 1. The summed E-state index contributed by atoms with van der Waals surface area (Å²) in [5.41, 5.74) is 0.690. The molecule has 0 aliphatic rings. The molecule has 0 fully saturated rings. The zero-order chi connectivity index (χ0) is 16.3. The van der Waals surface area contributed by atoms with Crippen LogP contribution in [-0.4, -0.2) is 13.3 Å². The molecule has 0 amide bonds. The van der Waals surface area contributed by atoms with Crippen molar-refractivity contribution in [1.29, 1.82) is 0 Å². The fourth-order valence-corrected chi connectivity index (χ4v) is 3.46. The van der Waals surface area contributed by atoms with Gasteiger partial charge in [-0.05, 0) is 59.3 Å². The highest BCUT2D eigenvalue weighted by molar-refractivity contribution is 14.1. The fourth-order valence-electron chi connectivity index (χ4n) is 1.87. The summed E-state index contributed by atoms with van der Waals surface area (Å²) in [4.78, 5) is 10.0. The lowest BCUT2D eigenvalue weighted by Gasteiger charge is -2.14. The van der Waals surface area contributed by atoms with Gasteiger partial charge in [0.15, 0.2) is 0 Å². The van der Waals surface area contributed by atoms with Crippen molar-refractivity contribution in [3.8, 4) is 0 Å². The molecule has 0 saturated heterocycles. The second-order valence-electron chi connectivity index (χ2n) is 4.65. The smallest absolute Gasteiger partial charge is 0.258 e. The molecule has 0 aliphatic heterocycles. The molecular weight excluding hydrogens is 419 g/mol. The third-order valence-electron chi connectivity index (χ3n) is 3.06. The van der Waals surface area contributed by atoms with Crippen LogP contribution in [0.4, 0.5) is 5.69 Å². The maximum absolute atomic E-state index is 12.3. The van der Waals surface area contributed by atoms with Gasteiger partial charge in [0.25, 0.3) is 5.69 Å². The molecule has 22 heavy (non-hydrogen) atoms. The Morgan fingerprint density at radius 3 is 2.14 bits per heavy atom. The van der Waals surface area contributed by atoms with Crippen molar-refractivity contribution < 1.29 is 13.3 Å². The summed E-state index contributed by atoms with van der Waals surface area (Å²) in [5.74, 6) is 0. The molecule has 6 nitrogen and oxygen atoms in total. The number of hydrogen-bond acceptors (Lipinski definition) is 4. The number of nitro benzene ring substituents is 1. The van der Waals surface area contributed by atoms with Gasteiger partial charge in [-0.3, -0.25) is 10.1 Å². The summed E-state index contributed by atoms with van der Waals surface area (Å²) < 4.78 is 28.2. The Kier molecular flexibility index (Phi) is 5.14. The van der Waals surface area contributed by atoms with Gasteiger partial charge in [0, 0.05) is 21.7 Å². The van der Waals surface area contributed by atoms with E-state index < -0.39 is 21.0 Å². The summed E-state index contributed by atoms with van der Waals surface area (Å²) in [6.07, 6.45) is 0. The van der Waals surface area contributed by atoms with Gasteiger partial charge in [-0.15, -0.1) is 0 Å². The minimum Gasteiger partial charge on any atom is -0.258 e. The molecule has 2 rings (SSSR count). The lowest BCUT2D eigenvalue weighted by atomic mass is 10.1. The molecule has 0 heterocycles. The summed E-state index contributed by atoms with van der Waals surface area (Å²) in [7, 11) is -3.73. The molecular formula is C14H13IN2O4S. The van der Waals surface area contributed by atoms with Crippen LogP contribution in [-0.2, 0) is 10.0 Å². The van der Waals surface area contributed by atoms with Crippen molar-refractivity contribution in [3.05, 3.63) is 67.8 Å². The maximum Gasteiger partial charge on any atom is 0.269 e. The molecule has 2 aromatic carbocycles. The van der Waals surface area contributed by atoms with Crippen LogP contribution in [0.3, 0.4) is 0 Å². The average Bonchev–Trinajstić information content (AvgIpc) is 2.47. The van der Waals surface area contributed by atoms with Crippen molar-refractivity contribution in [2.75, 3.05) is 0 Å². The molecule has 0 aliphatic carbocycles. The lowest BCUT2D eigenvalue weighted by molar-refractivity contribution is -0.384. The van der Waals surface area contributed by atoms with E-state index in [-0.39, 0.29) is 10.6 Å². The zero-order valence-corrected chi connectivity index (χ0v) is 14.5. The summed E-state index contributed by atoms with van der Waals surface area (Å²) in [6, 6.07) is 11.9. The molecule has 1 N–H and O–H groups in total. The molecule has 1 unspecified atom stereocenters. The van der Waals surface area contributed by atoms with E-state index in [1.54, 1.807) is 6.92 Å². The third kappa shape index (κ3) is 4.02. The summed E-state index contributed by atoms with van der Waals surface area (Å²) in [6.45, 7) is 1.74. The van der Waals surface area contributed by atoms with Crippen molar-refractivity contribution in [3.63, 3.8) is 0 Å². The Hall–Kier alpha value is -1.52. The number of benzene rings is 2. The molecule has 0 aromatic heterocycles. The quantitative estimate of drug-likeness (QED) is 0.447. The van der Waals surface area contributed by atoms with Crippen LogP contribution in [0.1, 0.15) is 18.5 Å². The first-order valence-electron chi connectivity index (χ1n) is 6.32. The summed E-state index contributed by atoms with van der Waals surface area (Å²) >= 11 is 2.17. The third-order valence-corrected chi connectivity index (χ3v) is 5.34. The van der Waals surface area contributed by atoms with E-state index in [9.17, 15) is 18.5 Å². The van der Waals surface area contributed by atoms with Gasteiger partial charge in [0.2, 0.25) is 10.0 Å². The topological polar surface area (TPSA) is 89.3 Å². The predicted molar refractivity (Wildman–Crippen MR) is 91.0 cm³/mol. The maximum atomic E-state index is 12.3. The minimum absolute atomic E-state index is 0.00420. The molecule has 116 valence electrons. The molecule has 2 aromatic rings. The van der Waals surface area contributed by atoms with Crippen LogP contribution in [0.2, 0.25) is 0 Å². The van der Waals surface area contributed by atoms with Gasteiger partial charge in [-0.25, -0.2) is 13.1 Å². The molecule has 8 heteroatoms. The largest absolute Gasteiger partial charge is 0.269 e. The lowest BCUT2D eigenvalue weighted by Crippen LogP contribution is -2.26. The number of sulfonamides is 1. The van der Waals surface area contributed by atoms with Gasteiger partial charge in [-0.1, -0.05) is 12.1 Å². The number of nitro groups is 1. The van der Waals surface area contributed by atoms with Crippen LogP contribution >= 0.6 is 22.6 Å². The monoisotopic (exact) mass is 432 g/mol. The second-order valence-corrected chi connectivity index (χ2v) is 7.61. The Morgan fingerprint density at radius 2 is 1.64 bits per heavy atom. The van der Waals surface area contributed by atoms with E-state index in [0.29, 0.717) is 0 Å². The van der Waals surface area contributed by atoms with E-state index >= 15 is 0 Å². The van der Waals surface area contributed by atoms with Crippen LogP contribution < -0.4 is 4.72 Å². The highest BCUT2D eigenvalue weighted by Crippen LogP contribution is 2.20. The van der Waals surface area contributed by atoms with Crippen molar-refractivity contribution in [1.82, 2.24) is 4.72 Å².